The molecule has 0 unspecified atom stereocenters. The molecule has 0 radical (unpaired) electrons. The van der Waals surface area contributed by atoms with Gasteiger partial charge in [0.2, 0.25) is 11.8 Å². The summed E-state index contributed by atoms with van der Waals surface area (Å²) in [5.41, 5.74) is 6.00. The van der Waals surface area contributed by atoms with Gasteiger partial charge in [0.05, 0.1) is 19.0 Å². The second-order valence-electron chi connectivity index (χ2n) is 6.53. The Morgan fingerprint density at radius 3 is 2.73 bits per heavy atom. The minimum Gasteiger partial charge on any atom is -0.459 e. The highest BCUT2D eigenvalue weighted by Gasteiger charge is 2.26. The summed E-state index contributed by atoms with van der Waals surface area (Å²) >= 11 is 0. The molecule has 7 heteroatoms. The molecule has 1 aromatic carbocycles. The largest absolute Gasteiger partial charge is 0.459 e. The van der Waals surface area contributed by atoms with Gasteiger partial charge in [-0.25, -0.2) is 4.39 Å². The van der Waals surface area contributed by atoms with Gasteiger partial charge >= 0.3 is 0 Å². The minimum absolute atomic E-state index is 0.0566. The van der Waals surface area contributed by atoms with Crippen molar-refractivity contribution in [3.05, 3.63) is 48.0 Å². The van der Waals surface area contributed by atoms with E-state index in [1.807, 2.05) is 4.90 Å². The first kappa shape index (κ1) is 18.1. The fourth-order valence-electron chi connectivity index (χ4n) is 3.19. The average molecular weight is 359 g/mol. The number of carbonyl (C=O) groups excluding carboxylic acids is 2. The standard InChI is InChI=1S/C19H22FN3O3/c20-15-5-3-13(4-6-15)17-8-7-16(26-17)10-22-19(25)14-2-1-9-23(11-14)12-18(21)24/h3-8,14H,1-2,9-12H2,(H2,21,24)(H,22,25)/t14-/m0/s1. The van der Waals surface area contributed by atoms with Crippen LogP contribution in [0.15, 0.2) is 40.8 Å². The van der Waals surface area contributed by atoms with E-state index in [-0.39, 0.29) is 36.6 Å². The van der Waals surface area contributed by atoms with Crippen LogP contribution < -0.4 is 11.1 Å². The van der Waals surface area contributed by atoms with Crippen molar-refractivity contribution < 1.29 is 18.4 Å². The first-order valence-corrected chi connectivity index (χ1v) is 8.64. The number of primary amides is 1. The highest BCUT2D eigenvalue weighted by molar-refractivity contribution is 5.79. The zero-order valence-electron chi connectivity index (χ0n) is 14.4. The maximum Gasteiger partial charge on any atom is 0.231 e. The summed E-state index contributed by atoms with van der Waals surface area (Å²) in [7, 11) is 0. The van der Waals surface area contributed by atoms with Gasteiger partial charge in [0.1, 0.15) is 17.3 Å². The summed E-state index contributed by atoms with van der Waals surface area (Å²) in [4.78, 5) is 25.3. The van der Waals surface area contributed by atoms with Gasteiger partial charge in [-0.05, 0) is 55.8 Å². The molecule has 1 aromatic heterocycles. The van der Waals surface area contributed by atoms with Gasteiger partial charge in [0.25, 0.3) is 0 Å². The van der Waals surface area contributed by atoms with Crippen LogP contribution in [0.5, 0.6) is 0 Å². The predicted molar refractivity (Wildman–Crippen MR) is 94.3 cm³/mol. The zero-order chi connectivity index (χ0) is 18.5. The van der Waals surface area contributed by atoms with Crippen LogP contribution in [0.25, 0.3) is 11.3 Å². The molecule has 1 fully saturated rings. The molecule has 138 valence electrons. The summed E-state index contributed by atoms with van der Waals surface area (Å²) < 4.78 is 18.7. The van der Waals surface area contributed by atoms with Crippen molar-refractivity contribution in [2.75, 3.05) is 19.6 Å². The molecule has 3 N–H and O–H groups in total. The lowest BCUT2D eigenvalue weighted by molar-refractivity contribution is -0.128. The van der Waals surface area contributed by atoms with Crippen molar-refractivity contribution in [2.45, 2.75) is 19.4 Å². The van der Waals surface area contributed by atoms with Crippen molar-refractivity contribution in [2.24, 2.45) is 11.7 Å². The fraction of sp³-hybridized carbons (Fsp3) is 0.368. The number of amides is 2. The Morgan fingerprint density at radius 2 is 2.00 bits per heavy atom. The van der Waals surface area contributed by atoms with Crippen molar-refractivity contribution in [1.29, 1.82) is 0 Å². The lowest BCUT2D eigenvalue weighted by Crippen LogP contribution is -2.45. The summed E-state index contributed by atoms with van der Waals surface area (Å²) in [5.74, 6) is 0.358. The molecule has 6 nitrogen and oxygen atoms in total. The summed E-state index contributed by atoms with van der Waals surface area (Å²) in [6.45, 7) is 1.79. The van der Waals surface area contributed by atoms with E-state index in [4.69, 9.17) is 10.2 Å². The summed E-state index contributed by atoms with van der Waals surface area (Å²) in [6.07, 6.45) is 1.65. The lowest BCUT2D eigenvalue weighted by atomic mass is 9.97. The Hall–Kier alpha value is -2.67. The number of nitrogens with zero attached hydrogens (tertiary/aromatic N) is 1. The van der Waals surface area contributed by atoms with Crippen LogP contribution in [0.1, 0.15) is 18.6 Å². The normalized spacial score (nSPS) is 17.8. The van der Waals surface area contributed by atoms with Gasteiger partial charge in [-0.2, -0.15) is 0 Å². The molecule has 1 aliphatic rings. The van der Waals surface area contributed by atoms with Gasteiger partial charge in [0.15, 0.2) is 0 Å². The van der Waals surface area contributed by atoms with Gasteiger partial charge < -0.3 is 15.5 Å². The predicted octanol–water partition coefficient (Wildman–Crippen LogP) is 1.90. The van der Waals surface area contributed by atoms with E-state index >= 15 is 0 Å². The summed E-state index contributed by atoms with van der Waals surface area (Å²) in [5, 5.41) is 2.88. The average Bonchev–Trinajstić information content (AvgIpc) is 3.09. The lowest BCUT2D eigenvalue weighted by Gasteiger charge is -2.30. The van der Waals surface area contributed by atoms with Crippen LogP contribution in [-0.2, 0) is 16.1 Å². The molecule has 0 bridgehead atoms. The number of rotatable bonds is 6. The minimum atomic E-state index is -0.380. The summed E-state index contributed by atoms with van der Waals surface area (Å²) in [6, 6.07) is 9.63. The van der Waals surface area contributed by atoms with E-state index < -0.39 is 0 Å². The number of likely N-dealkylation sites (tertiary alicyclic amines) is 1. The number of furan rings is 1. The Morgan fingerprint density at radius 1 is 1.23 bits per heavy atom. The molecule has 1 saturated heterocycles. The highest BCUT2D eigenvalue weighted by Crippen LogP contribution is 2.22. The first-order valence-electron chi connectivity index (χ1n) is 8.64. The van der Waals surface area contributed by atoms with Crippen molar-refractivity contribution in [3.63, 3.8) is 0 Å². The second-order valence-corrected chi connectivity index (χ2v) is 6.53. The zero-order valence-corrected chi connectivity index (χ0v) is 14.4. The van der Waals surface area contributed by atoms with Crippen LogP contribution in [0.2, 0.25) is 0 Å². The fourth-order valence-corrected chi connectivity index (χ4v) is 3.19. The van der Waals surface area contributed by atoms with E-state index in [9.17, 15) is 14.0 Å². The molecule has 2 aromatic rings. The molecular weight excluding hydrogens is 337 g/mol. The Labute approximate surface area is 151 Å². The first-order chi connectivity index (χ1) is 12.5. The van der Waals surface area contributed by atoms with Crippen molar-refractivity contribution >= 4 is 11.8 Å². The van der Waals surface area contributed by atoms with Crippen molar-refractivity contribution in [1.82, 2.24) is 10.2 Å². The number of nitrogens with one attached hydrogen (secondary N) is 1. The van der Waals surface area contributed by atoms with Gasteiger partial charge in [-0.15, -0.1) is 0 Å². The monoisotopic (exact) mass is 359 g/mol. The van der Waals surface area contributed by atoms with E-state index in [1.165, 1.54) is 12.1 Å². The van der Waals surface area contributed by atoms with Crippen LogP contribution in [0, 0.1) is 11.7 Å². The molecule has 0 saturated carbocycles. The van der Waals surface area contributed by atoms with E-state index in [1.54, 1.807) is 24.3 Å². The van der Waals surface area contributed by atoms with Gasteiger partial charge in [0, 0.05) is 12.1 Å². The maximum absolute atomic E-state index is 13.0. The number of carbonyl (C=O) groups is 2. The van der Waals surface area contributed by atoms with Crippen LogP contribution in [0.3, 0.4) is 0 Å². The maximum atomic E-state index is 13.0. The third-order valence-electron chi connectivity index (χ3n) is 4.48. The van der Waals surface area contributed by atoms with E-state index in [0.29, 0.717) is 18.1 Å². The number of hydrogen-bond donors (Lipinski definition) is 2. The van der Waals surface area contributed by atoms with Gasteiger partial charge in [-0.1, -0.05) is 0 Å². The van der Waals surface area contributed by atoms with Crippen molar-refractivity contribution in [3.8, 4) is 11.3 Å². The molecule has 0 spiro atoms. The van der Waals surface area contributed by atoms with Crippen LogP contribution in [-0.4, -0.2) is 36.3 Å². The number of nitrogens with two attached hydrogens (primary N) is 1. The Balaban J connectivity index is 1.53. The van der Waals surface area contributed by atoms with Crippen LogP contribution >= 0.6 is 0 Å². The molecule has 1 aliphatic heterocycles. The molecule has 26 heavy (non-hydrogen) atoms. The number of halogens is 1. The third kappa shape index (κ3) is 4.70. The van der Waals surface area contributed by atoms with E-state index in [2.05, 4.69) is 5.32 Å². The quantitative estimate of drug-likeness (QED) is 0.824. The van der Waals surface area contributed by atoms with Crippen LogP contribution in [0.4, 0.5) is 4.39 Å². The molecular formula is C19H22FN3O3. The highest BCUT2D eigenvalue weighted by atomic mass is 19.1. The molecule has 0 aliphatic carbocycles. The number of hydrogen-bond acceptors (Lipinski definition) is 4. The molecule has 2 heterocycles. The smallest absolute Gasteiger partial charge is 0.231 e. The van der Waals surface area contributed by atoms with E-state index in [0.717, 1.165) is 24.9 Å². The third-order valence-corrected chi connectivity index (χ3v) is 4.48. The van der Waals surface area contributed by atoms with Gasteiger partial charge in [-0.3, -0.25) is 14.5 Å². The molecule has 1 atom stereocenters. The topological polar surface area (TPSA) is 88.6 Å². The Bertz CT molecular complexity index is 773. The SMILES string of the molecule is NC(=O)CN1CCC[C@H](C(=O)NCc2ccc(-c3ccc(F)cc3)o2)C1. The number of piperidine rings is 1. The molecule has 2 amide bonds. The number of benzene rings is 1. The Kier molecular flexibility index (Phi) is 5.68. The second kappa shape index (κ2) is 8.14. The molecule has 3 rings (SSSR count).